The van der Waals surface area contributed by atoms with Crippen LogP contribution < -0.4 is 0 Å². The van der Waals surface area contributed by atoms with Crippen LogP contribution in [0.2, 0.25) is 0 Å². The number of hydrogen-bond donors (Lipinski definition) is 0. The van der Waals surface area contributed by atoms with Crippen molar-refractivity contribution in [1.29, 1.82) is 0 Å². The molecule has 0 radical (unpaired) electrons. The summed E-state index contributed by atoms with van der Waals surface area (Å²) in [5.74, 6) is -0.148. The molecular formula is C35H70O11. The van der Waals surface area contributed by atoms with E-state index < -0.39 is 0 Å². The number of carbonyl (C=O) groups is 1. The molecule has 0 rings (SSSR count). The van der Waals surface area contributed by atoms with Crippen LogP contribution in [0.15, 0.2) is 0 Å². The Morgan fingerprint density at radius 1 is 0.304 bits per heavy atom. The topological polar surface area (TPSA) is 109 Å². The molecule has 0 aromatic carbocycles. The highest BCUT2D eigenvalue weighted by molar-refractivity contribution is 5.69. The van der Waals surface area contributed by atoms with Crippen LogP contribution in [0.25, 0.3) is 0 Å². The van der Waals surface area contributed by atoms with Crippen molar-refractivity contribution in [3.63, 3.8) is 0 Å². The van der Waals surface area contributed by atoms with E-state index in [1.807, 2.05) is 0 Å². The lowest BCUT2D eigenvalue weighted by Gasteiger charge is -2.09. The van der Waals surface area contributed by atoms with E-state index in [1.54, 1.807) is 0 Å². The van der Waals surface area contributed by atoms with Gasteiger partial charge in [-0.3, -0.25) is 4.79 Å². The molecule has 0 fully saturated rings. The van der Waals surface area contributed by atoms with Gasteiger partial charge < -0.3 is 47.4 Å². The minimum Gasteiger partial charge on any atom is -0.463 e. The van der Waals surface area contributed by atoms with Crippen LogP contribution >= 0.6 is 0 Å². The third-order valence-corrected chi connectivity index (χ3v) is 6.84. The summed E-state index contributed by atoms with van der Waals surface area (Å²) in [5.41, 5.74) is 0. The maximum atomic E-state index is 11.5. The maximum Gasteiger partial charge on any atom is 0.305 e. The summed E-state index contributed by atoms with van der Waals surface area (Å²) in [6, 6.07) is 0. The van der Waals surface area contributed by atoms with Crippen molar-refractivity contribution in [2.24, 2.45) is 0 Å². The van der Waals surface area contributed by atoms with E-state index in [0.29, 0.717) is 119 Å². The van der Waals surface area contributed by atoms with Gasteiger partial charge in [-0.15, -0.1) is 0 Å². The van der Waals surface area contributed by atoms with Gasteiger partial charge in [0.25, 0.3) is 0 Å². The molecule has 0 spiro atoms. The lowest BCUT2D eigenvalue weighted by Crippen LogP contribution is -2.15. The minimum absolute atomic E-state index is 0.148. The molecule has 0 saturated heterocycles. The fourth-order valence-electron chi connectivity index (χ4n) is 4.18. The van der Waals surface area contributed by atoms with Crippen molar-refractivity contribution in [2.45, 2.75) is 97.3 Å². The average molecular weight is 667 g/mol. The van der Waals surface area contributed by atoms with Gasteiger partial charge in [0.05, 0.1) is 112 Å². The highest BCUT2D eigenvalue weighted by Gasteiger charge is 2.02. The Morgan fingerprint density at radius 2 is 0.565 bits per heavy atom. The Morgan fingerprint density at radius 3 is 0.913 bits per heavy atom. The van der Waals surface area contributed by atoms with Crippen LogP contribution in [0.4, 0.5) is 0 Å². The summed E-state index contributed by atoms with van der Waals surface area (Å²) in [7, 11) is 0. The number of carbonyl (C=O) groups excluding carboxylic acids is 1. The molecule has 0 N–H and O–H groups in total. The fourth-order valence-corrected chi connectivity index (χ4v) is 4.18. The Balaban J connectivity index is 3.07. The van der Waals surface area contributed by atoms with Crippen molar-refractivity contribution in [3.8, 4) is 0 Å². The first kappa shape index (κ1) is 45.1. The molecule has 11 heteroatoms. The van der Waals surface area contributed by atoms with E-state index in [-0.39, 0.29) is 12.6 Å². The second kappa shape index (κ2) is 42.1. The van der Waals surface area contributed by atoms with Crippen LogP contribution in [0, 0.1) is 0 Å². The molecule has 0 aromatic heterocycles. The van der Waals surface area contributed by atoms with Gasteiger partial charge in [-0.1, -0.05) is 78.1 Å². The van der Waals surface area contributed by atoms with Gasteiger partial charge in [0, 0.05) is 13.0 Å². The molecule has 0 aliphatic heterocycles. The van der Waals surface area contributed by atoms with Crippen LogP contribution in [-0.4, -0.2) is 132 Å². The summed E-state index contributed by atoms with van der Waals surface area (Å²) in [5, 5.41) is 0. The molecule has 46 heavy (non-hydrogen) atoms. The van der Waals surface area contributed by atoms with Gasteiger partial charge in [-0.05, 0) is 12.8 Å². The normalized spacial score (nSPS) is 11.4. The van der Waals surface area contributed by atoms with Gasteiger partial charge >= 0.3 is 5.97 Å². The fraction of sp³-hybridized carbons (Fsp3) is 0.971. The highest BCUT2D eigenvalue weighted by atomic mass is 16.6. The maximum absolute atomic E-state index is 11.5. The van der Waals surface area contributed by atoms with E-state index in [1.165, 1.54) is 44.9 Å². The van der Waals surface area contributed by atoms with E-state index in [9.17, 15) is 4.79 Å². The predicted molar refractivity (Wildman–Crippen MR) is 180 cm³/mol. The first-order chi connectivity index (χ1) is 22.8. The molecule has 0 bridgehead atoms. The quantitative estimate of drug-likeness (QED) is 0.0584. The van der Waals surface area contributed by atoms with Gasteiger partial charge in [0.1, 0.15) is 6.61 Å². The first-order valence-corrected chi connectivity index (χ1v) is 18.2. The molecule has 0 aromatic rings. The summed E-state index contributed by atoms with van der Waals surface area (Å²) in [4.78, 5) is 11.5. The number of hydrogen-bond acceptors (Lipinski definition) is 11. The number of rotatable bonds is 41. The zero-order chi connectivity index (χ0) is 33.3. The zero-order valence-electron chi connectivity index (χ0n) is 29.6. The molecule has 0 unspecified atom stereocenters. The van der Waals surface area contributed by atoms with Crippen LogP contribution in [-0.2, 0) is 52.2 Å². The molecule has 276 valence electrons. The van der Waals surface area contributed by atoms with Crippen molar-refractivity contribution in [1.82, 2.24) is 0 Å². The molecular weight excluding hydrogens is 596 g/mol. The summed E-state index contributed by atoms with van der Waals surface area (Å²) in [6.07, 6.45) is 15.3. The molecule has 0 atom stereocenters. The third-order valence-electron chi connectivity index (χ3n) is 6.84. The smallest absolute Gasteiger partial charge is 0.305 e. The SMILES string of the molecule is CCCCCCCCCCOCCOCCOCCOCCOCCOCCOCCOCCOCCOC(=O)CCCCCC. The average Bonchev–Trinajstić information content (AvgIpc) is 3.06. The summed E-state index contributed by atoms with van der Waals surface area (Å²) in [6.45, 7) is 14.4. The molecule has 0 aliphatic carbocycles. The van der Waals surface area contributed by atoms with Crippen LogP contribution in [0.3, 0.4) is 0 Å². The Kier molecular flexibility index (Phi) is 41.3. The minimum atomic E-state index is -0.148. The van der Waals surface area contributed by atoms with Gasteiger partial charge in [0.2, 0.25) is 0 Å². The van der Waals surface area contributed by atoms with Crippen molar-refractivity contribution in [3.05, 3.63) is 0 Å². The third kappa shape index (κ3) is 41.1. The molecule has 0 amide bonds. The second-order valence-electron chi connectivity index (χ2n) is 11.0. The van der Waals surface area contributed by atoms with E-state index in [2.05, 4.69) is 13.8 Å². The summed E-state index contributed by atoms with van der Waals surface area (Å²) < 4.78 is 54.6. The van der Waals surface area contributed by atoms with Crippen molar-refractivity contribution in [2.75, 3.05) is 126 Å². The van der Waals surface area contributed by atoms with E-state index in [4.69, 9.17) is 47.4 Å². The lowest BCUT2D eigenvalue weighted by atomic mass is 10.1. The number of ether oxygens (including phenoxy) is 10. The van der Waals surface area contributed by atoms with Crippen LogP contribution in [0.5, 0.6) is 0 Å². The molecule has 0 heterocycles. The predicted octanol–water partition coefficient (Wildman–Crippen LogP) is 5.79. The van der Waals surface area contributed by atoms with Gasteiger partial charge in [0.15, 0.2) is 0 Å². The highest BCUT2D eigenvalue weighted by Crippen LogP contribution is 2.08. The van der Waals surface area contributed by atoms with Crippen LogP contribution in [0.1, 0.15) is 97.3 Å². The largest absolute Gasteiger partial charge is 0.463 e. The Labute approximate surface area is 280 Å². The lowest BCUT2D eigenvalue weighted by molar-refractivity contribution is -0.145. The Bertz CT molecular complexity index is 569. The van der Waals surface area contributed by atoms with E-state index >= 15 is 0 Å². The molecule has 11 nitrogen and oxygen atoms in total. The monoisotopic (exact) mass is 666 g/mol. The summed E-state index contributed by atoms with van der Waals surface area (Å²) >= 11 is 0. The zero-order valence-corrected chi connectivity index (χ0v) is 29.6. The van der Waals surface area contributed by atoms with E-state index in [0.717, 1.165) is 38.7 Å². The van der Waals surface area contributed by atoms with Crippen molar-refractivity contribution >= 4 is 5.97 Å². The van der Waals surface area contributed by atoms with Gasteiger partial charge in [-0.2, -0.15) is 0 Å². The van der Waals surface area contributed by atoms with Gasteiger partial charge in [-0.25, -0.2) is 0 Å². The number of unbranched alkanes of at least 4 members (excludes halogenated alkanes) is 10. The van der Waals surface area contributed by atoms with Crippen molar-refractivity contribution < 1.29 is 52.2 Å². The first-order valence-electron chi connectivity index (χ1n) is 18.2. The Hall–Kier alpha value is -0.890. The number of esters is 1. The standard InChI is InChI=1S/C35H70O11/c1-3-5-7-9-10-11-12-14-16-37-17-18-38-19-20-39-21-22-40-23-24-41-25-26-42-27-28-43-29-30-44-31-32-45-33-34-46-35(36)15-13-8-6-4-2/h3-34H2,1-2H3. The molecule has 0 aliphatic rings. The molecule has 0 saturated carbocycles. The second-order valence-corrected chi connectivity index (χ2v) is 11.0.